The second kappa shape index (κ2) is 7.88. The zero-order valence-corrected chi connectivity index (χ0v) is 15.6. The SMILES string of the molecule is CCC(NC(=O)Cc1cc(Cl)c2c(c1)OCCO2)(C(=O)O)c1ccccc1. The molecule has 2 N–H and O–H groups in total. The van der Waals surface area contributed by atoms with Gasteiger partial charge in [-0.15, -0.1) is 0 Å². The minimum Gasteiger partial charge on any atom is -0.486 e. The van der Waals surface area contributed by atoms with Gasteiger partial charge < -0.3 is 19.9 Å². The third-order valence-corrected chi connectivity index (χ3v) is 4.82. The van der Waals surface area contributed by atoms with Crippen molar-refractivity contribution in [1.82, 2.24) is 5.32 Å². The second-order valence-corrected chi connectivity index (χ2v) is 6.66. The first-order chi connectivity index (χ1) is 13.0. The van der Waals surface area contributed by atoms with Crippen LogP contribution >= 0.6 is 11.6 Å². The monoisotopic (exact) mass is 389 g/mol. The summed E-state index contributed by atoms with van der Waals surface area (Å²) in [5, 5.41) is 12.9. The molecule has 27 heavy (non-hydrogen) atoms. The van der Waals surface area contributed by atoms with Gasteiger partial charge in [-0.25, -0.2) is 4.79 Å². The number of hydrogen-bond acceptors (Lipinski definition) is 4. The van der Waals surface area contributed by atoms with Crippen LogP contribution in [-0.4, -0.2) is 30.2 Å². The first-order valence-electron chi connectivity index (χ1n) is 8.64. The van der Waals surface area contributed by atoms with Crippen LogP contribution in [-0.2, 0) is 21.5 Å². The number of amides is 1. The first-order valence-corrected chi connectivity index (χ1v) is 9.02. The van der Waals surface area contributed by atoms with Gasteiger partial charge in [0.05, 0.1) is 11.4 Å². The molecule has 0 bridgehead atoms. The Balaban J connectivity index is 1.83. The fourth-order valence-corrected chi connectivity index (χ4v) is 3.44. The van der Waals surface area contributed by atoms with Crippen LogP contribution in [0.5, 0.6) is 11.5 Å². The van der Waals surface area contributed by atoms with E-state index in [1.165, 1.54) is 0 Å². The molecule has 6 nitrogen and oxygen atoms in total. The van der Waals surface area contributed by atoms with Crippen molar-refractivity contribution in [3.8, 4) is 11.5 Å². The largest absolute Gasteiger partial charge is 0.486 e. The molecule has 142 valence electrons. The molecule has 3 rings (SSSR count). The molecule has 0 aromatic heterocycles. The average Bonchev–Trinajstić information content (AvgIpc) is 2.66. The Morgan fingerprint density at radius 2 is 1.89 bits per heavy atom. The minimum absolute atomic E-state index is 0.0295. The zero-order valence-electron chi connectivity index (χ0n) is 14.8. The van der Waals surface area contributed by atoms with E-state index >= 15 is 0 Å². The number of rotatable bonds is 6. The number of halogens is 1. The molecule has 0 aliphatic carbocycles. The van der Waals surface area contributed by atoms with Crippen LogP contribution in [0, 0.1) is 0 Å². The van der Waals surface area contributed by atoms with E-state index in [1.807, 2.05) is 0 Å². The number of carboxylic acids is 1. The molecule has 0 saturated heterocycles. The minimum atomic E-state index is -1.49. The molecular weight excluding hydrogens is 370 g/mol. The molecule has 1 heterocycles. The number of carbonyl (C=O) groups excluding carboxylic acids is 1. The maximum Gasteiger partial charge on any atom is 0.334 e. The highest BCUT2D eigenvalue weighted by Gasteiger charge is 2.40. The Bertz CT molecular complexity index is 855. The highest BCUT2D eigenvalue weighted by molar-refractivity contribution is 6.32. The Morgan fingerprint density at radius 1 is 1.19 bits per heavy atom. The molecule has 1 aliphatic heterocycles. The van der Waals surface area contributed by atoms with E-state index in [2.05, 4.69) is 5.32 Å². The van der Waals surface area contributed by atoms with Crippen molar-refractivity contribution < 1.29 is 24.2 Å². The van der Waals surface area contributed by atoms with Gasteiger partial charge in [-0.05, 0) is 29.7 Å². The summed E-state index contributed by atoms with van der Waals surface area (Å²) in [5.74, 6) is -0.579. The Labute approximate surface area is 162 Å². The Morgan fingerprint density at radius 3 is 2.56 bits per heavy atom. The van der Waals surface area contributed by atoms with Gasteiger partial charge in [0.25, 0.3) is 0 Å². The molecule has 1 aliphatic rings. The lowest BCUT2D eigenvalue weighted by Crippen LogP contribution is -2.52. The van der Waals surface area contributed by atoms with E-state index in [-0.39, 0.29) is 12.8 Å². The third-order valence-electron chi connectivity index (χ3n) is 4.54. The lowest BCUT2D eigenvalue weighted by molar-refractivity contribution is -0.148. The van der Waals surface area contributed by atoms with Crippen molar-refractivity contribution in [2.24, 2.45) is 0 Å². The Kier molecular flexibility index (Phi) is 5.56. The van der Waals surface area contributed by atoms with Crippen LogP contribution in [0.25, 0.3) is 0 Å². The van der Waals surface area contributed by atoms with Crippen LogP contribution in [0.3, 0.4) is 0 Å². The van der Waals surface area contributed by atoms with Gasteiger partial charge in [-0.2, -0.15) is 0 Å². The number of benzene rings is 2. The molecule has 2 aromatic rings. The molecule has 1 atom stereocenters. The van der Waals surface area contributed by atoms with Crippen LogP contribution in [0.1, 0.15) is 24.5 Å². The van der Waals surface area contributed by atoms with E-state index in [1.54, 1.807) is 49.4 Å². The summed E-state index contributed by atoms with van der Waals surface area (Å²) in [6.45, 7) is 2.55. The van der Waals surface area contributed by atoms with E-state index in [0.29, 0.717) is 40.9 Å². The molecule has 0 saturated carbocycles. The predicted octanol–water partition coefficient (Wildman–Crippen LogP) is 3.16. The maximum absolute atomic E-state index is 12.7. The van der Waals surface area contributed by atoms with Crippen molar-refractivity contribution in [1.29, 1.82) is 0 Å². The van der Waals surface area contributed by atoms with Crippen LogP contribution in [0.15, 0.2) is 42.5 Å². The topological polar surface area (TPSA) is 84.9 Å². The van der Waals surface area contributed by atoms with Crippen molar-refractivity contribution in [3.63, 3.8) is 0 Å². The standard InChI is InChI=1S/C20H20ClNO5/c1-2-20(19(24)25,14-6-4-3-5-7-14)22-17(23)12-13-10-15(21)18-16(11-13)26-8-9-27-18/h3-7,10-11H,2,8-9,12H2,1H3,(H,22,23)(H,24,25). The van der Waals surface area contributed by atoms with Gasteiger partial charge >= 0.3 is 5.97 Å². The predicted molar refractivity (Wildman–Crippen MR) is 100 cm³/mol. The fraction of sp³-hybridized carbons (Fsp3) is 0.300. The van der Waals surface area contributed by atoms with E-state index in [9.17, 15) is 14.7 Å². The number of hydrogen-bond donors (Lipinski definition) is 2. The molecule has 0 radical (unpaired) electrons. The van der Waals surface area contributed by atoms with Gasteiger partial charge in [0, 0.05) is 0 Å². The van der Waals surface area contributed by atoms with Gasteiger partial charge in [0.2, 0.25) is 5.91 Å². The van der Waals surface area contributed by atoms with Crippen LogP contribution in [0.4, 0.5) is 0 Å². The average molecular weight is 390 g/mol. The summed E-state index contributed by atoms with van der Waals surface area (Å²) in [6, 6.07) is 12.0. The lowest BCUT2D eigenvalue weighted by atomic mass is 9.87. The van der Waals surface area contributed by atoms with E-state index in [0.717, 1.165) is 0 Å². The lowest BCUT2D eigenvalue weighted by Gasteiger charge is -2.30. The van der Waals surface area contributed by atoms with Gasteiger partial charge in [0.15, 0.2) is 17.0 Å². The van der Waals surface area contributed by atoms with Crippen molar-refractivity contribution in [2.45, 2.75) is 25.3 Å². The van der Waals surface area contributed by atoms with Crippen molar-refractivity contribution >= 4 is 23.5 Å². The smallest absolute Gasteiger partial charge is 0.334 e. The first kappa shape index (κ1) is 19.0. The van der Waals surface area contributed by atoms with Crippen molar-refractivity contribution in [3.05, 3.63) is 58.6 Å². The number of nitrogens with one attached hydrogen (secondary N) is 1. The van der Waals surface area contributed by atoms with Crippen LogP contribution < -0.4 is 14.8 Å². The van der Waals surface area contributed by atoms with E-state index in [4.69, 9.17) is 21.1 Å². The van der Waals surface area contributed by atoms with Gasteiger partial charge in [-0.3, -0.25) is 4.79 Å². The number of aliphatic carboxylic acids is 1. The van der Waals surface area contributed by atoms with Gasteiger partial charge in [-0.1, -0.05) is 48.9 Å². The number of fused-ring (bicyclic) bond motifs is 1. The summed E-state index contributed by atoms with van der Waals surface area (Å²) >= 11 is 6.21. The molecule has 0 spiro atoms. The molecule has 2 aromatic carbocycles. The zero-order chi connectivity index (χ0) is 19.4. The molecule has 1 unspecified atom stereocenters. The number of ether oxygens (including phenoxy) is 2. The van der Waals surface area contributed by atoms with E-state index < -0.39 is 17.4 Å². The molecule has 0 fully saturated rings. The molecular formula is C20H20ClNO5. The molecule has 7 heteroatoms. The normalized spacial score (nSPS) is 14.9. The third kappa shape index (κ3) is 3.85. The highest BCUT2D eigenvalue weighted by atomic mass is 35.5. The summed E-state index contributed by atoms with van der Waals surface area (Å²) < 4.78 is 11.0. The quantitative estimate of drug-likeness (QED) is 0.792. The second-order valence-electron chi connectivity index (χ2n) is 6.26. The number of carbonyl (C=O) groups is 2. The molecule has 1 amide bonds. The van der Waals surface area contributed by atoms with Crippen molar-refractivity contribution in [2.75, 3.05) is 13.2 Å². The van der Waals surface area contributed by atoms with Crippen LogP contribution in [0.2, 0.25) is 5.02 Å². The summed E-state index contributed by atoms with van der Waals surface area (Å²) in [4.78, 5) is 24.7. The highest BCUT2D eigenvalue weighted by Crippen LogP contribution is 2.38. The summed E-state index contributed by atoms with van der Waals surface area (Å²) in [5.41, 5.74) is -0.352. The Hall–Kier alpha value is -2.73. The van der Waals surface area contributed by atoms with Gasteiger partial charge in [0.1, 0.15) is 13.2 Å². The summed E-state index contributed by atoms with van der Waals surface area (Å²) in [7, 11) is 0. The maximum atomic E-state index is 12.7. The summed E-state index contributed by atoms with van der Waals surface area (Å²) in [6.07, 6.45) is 0.179. The fourth-order valence-electron chi connectivity index (χ4n) is 3.15. The number of carboxylic acid groups (broad SMARTS) is 1.